The van der Waals surface area contributed by atoms with Gasteiger partial charge in [-0.05, 0) is 49.6 Å². The van der Waals surface area contributed by atoms with Crippen LogP contribution in [0, 0.1) is 5.41 Å². The first kappa shape index (κ1) is 17.8. The molecule has 126 valence electrons. The predicted molar refractivity (Wildman–Crippen MR) is 99.8 cm³/mol. The lowest BCUT2D eigenvalue weighted by molar-refractivity contribution is -0.111. The van der Waals surface area contributed by atoms with Gasteiger partial charge in [0.1, 0.15) is 5.84 Å². The van der Waals surface area contributed by atoms with E-state index in [1.54, 1.807) is 6.20 Å². The third-order valence-corrected chi connectivity index (χ3v) is 4.68. The molecule has 1 aliphatic carbocycles. The van der Waals surface area contributed by atoms with Crippen LogP contribution < -0.4 is 5.73 Å². The van der Waals surface area contributed by atoms with Gasteiger partial charge in [-0.25, -0.2) is 0 Å². The fourth-order valence-corrected chi connectivity index (χ4v) is 3.01. The van der Waals surface area contributed by atoms with E-state index in [1.165, 1.54) is 6.92 Å². The van der Waals surface area contributed by atoms with E-state index in [9.17, 15) is 4.79 Å². The summed E-state index contributed by atoms with van der Waals surface area (Å²) in [6, 6.07) is 8.19. The van der Waals surface area contributed by atoms with E-state index < -0.39 is 5.91 Å². The average molecular weight is 324 g/mol. The lowest BCUT2D eigenvalue weighted by Gasteiger charge is -2.41. The van der Waals surface area contributed by atoms with Gasteiger partial charge in [-0.15, -0.1) is 0 Å². The molecule has 3 N–H and O–H groups in total. The summed E-state index contributed by atoms with van der Waals surface area (Å²) in [6.45, 7) is 7.01. The molecule has 0 radical (unpaired) electrons. The van der Waals surface area contributed by atoms with Crippen LogP contribution in [-0.2, 0) is 10.2 Å². The maximum absolute atomic E-state index is 11.7. The van der Waals surface area contributed by atoms with Crippen molar-refractivity contribution in [1.82, 2.24) is 0 Å². The number of aliphatic imine (C=N–C) groups is 2. The smallest absolute Gasteiger partial charge is 0.292 e. The van der Waals surface area contributed by atoms with Gasteiger partial charge in [0.05, 0.1) is 11.1 Å². The predicted octanol–water partition coefficient (Wildman–Crippen LogP) is 3.48. The van der Waals surface area contributed by atoms with Crippen molar-refractivity contribution in [2.45, 2.75) is 44.9 Å². The third-order valence-electron chi connectivity index (χ3n) is 4.68. The van der Waals surface area contributed by atoms with Gasteiger partial charge in [0.2, 0.25) is 0 Å². The molecular formula is C19H24N4O. The zero-order valence-corrected chi connectivity index (χ0v) is 14.3. The SMILES string of the molecule is C=NC=C(CC)c1ccc(C2(C(N)=NC(=O)C(C)=N)CCC2)cc1. The van der Waals surface area contributed by atoms with Gasteiger partial charge >= 0.3 is 0 Å². The van der Waals surface area contributed by atoms with Gasteiger partial charge in [0, 0.05) is 6.20 Å². The van der Waals surface area contributed by atoms with Crippen molar-refractivity contribution in [3.8, 4) is 0 Å². The van der Waals surface area contributed by atoms with Crippen LogP contribution in [0.2, 0.25) is 0 Å². The fourth-order valence-electron chi connectivity index (χ4n) is 3.01. The Morgan fingerprint density at radius 3 is 2.42 bits per heavy atom. The number of amides is 1. The Bertz CT molecular complexity index is 709. The minimum absolute atomic E-state index is 0.0996. The molecule has 1 aromatic rings. The molecule has 1 aliphatic rings. The molecule has 0 bridgehead atoms. The number of nitrogens with one attached hydrogen (secondary N) is 1. The number of nitrogens with zero attached hydrogens (tertiary/aromatic N) is 2. The molecule has 1 aromatic carbocycles. The second-order valence-corrected chi connectivity index (χ2v) is 6.13. The van der Waals surface area contributed by atoms with Crippen LogP contribution in [0.3, 0.4) is 0 Å². The van der Waals surface area contributed by atoms with Crippen molar-refractivity contribution in [3.05, 3.63) is 41.6 Å². The first-order valence-electron chi connectivity index (χ1n) is 8.14. The van der Waals surface area contributed by atoms with Crippen molar-refractivity contribution in [2.75, 3.05) is 0 Å². The van der Waals surface area contributed by atoms with Crippen LogP contribution in [0.5, 0.6) is 0 Å². The maximum atomic E-state index is 11.7. The number of allylic oxidation sites excluding steroid dienone is 1. The van der Waals surface area contributed by atoms with Crippen LogP contribution in [0.1, 0.15) is 50.7 Å². The molecule has 0 atom stereocenters. The number of hydrogen-bond donors (Lipinski definition) is 2. The summed E-state index contributed by atoms with van der Waals surface area (Å²) in [4.78, 5) is 19.5. The third kappa shape index (κ3) is 3.35. The van der Waals surface area contributed by atoms with Crippen LogP contribution in [0.25, 0.3) is 5.57 Å². The highest BCUT2D eigenvalue weighted by atomic mass is 16.1. The molecule has 1 fully saturated rings. The van der Waals surface area contributed by atoms with E-state index in [0.717, 1.165) is 42.4 Å². The molecule has 24 heavy (non-hydrogen) atoms. The summed E-state index contributed by atoms with van der Waals surface area (Å²) in [5.41, 5.74) is 8.96. The van der Waals surface area contributed by atoms with Gasteiger partial charge < -0.3 is 5.73 Å². The number of benzene rings is 1. The molecule has 0 aromatic heterocycles. The number of nitrogens with two attached hydrogens (primary N) is 1. The van der Waals surface area contributed by atoms with E-state index in [4.69, 9.17) is 11.1 Å². The largest absolute Gasteiger partial charge is 0.386 e. The van der Waals surface area contributed by atoms with Crippen LogP contribution in [-0.4, -0.2) is 24.2 Å². The Hall–Kier alpha value is -2.56. The standard InChI is InChI=1S/C19H24N4O/c1-4-14(12-22-3)15-6-8-16(9-7-15)19(10-5-11-19)18(21)23-17(24)13(2)20/h6-9,12,20H,3-5,10-11H2,1-2H3,(H2,21,23,24). The second-order valence-electron chi connectivity index (χ2n) is 6.13. The Labute approximate surface area is 142 Å². The Balaban J connectivity index is 2.34. The highest BCUT2D eigenvalue weighted by molar-refractivity contribution is 6.38. The maximum Gasteiger partial charge on any atom is 0.292 e. The van der Waals surface area contributed by atoms with Gasteiger partial charge in [-0.2, -0.15) is 4.99 Å². The molecule has 5 heteroatoms. The molecule has 1 amide bonds. The van der Waals surface area contributed by atoms with Gasteiger partial charge in [-0.1, -0.05) is 37.6 Å². The van der Waals surface area contributed by atoms with Crippen molar-refractivity contribution < 1.29 is 4.79 Å². The molecule has 1 saturated carbocycles. The molecule has 0 spiro atoms. The molecule has 0 aliphatic heterocycles. The highest BCUT2D eigenvalue weighted by Gasteiger charge is 2.42. The molecule has 5 nitrogen and oxygen atoms in total. The summed E-state index contributed by atoms with van der Waals surface area (Å²) in [5, 5.41) is 7.38. The summed E-state index contributed by atoms with van der Waals surface area (Å²) in [7, 11) is 0. The Morgan fingerprint density at radius 2 is 2.00 bits per heavy atom. The summed E-state index contributed by atoms with van der Waals surface area (Å²) >= 11 is 0. The topological polar surface area (TPSA) is 91.7 Å². The quantitative estimate of drug-likeness (QED) is 0.619. The van der Waals surface area contributed by atoms with Gasteiger partial charge in [0.15, 0.2) is 0 Å². The van der Waals surface area contributed by atoms with E-state index in [1.807, 2.05) is 24.3 Å². The van der Waals surface area contributed by atoms with Crippen LogP contribution >= 0.6 is 0 Å². The summed E-state index contributed by atoms with van der Waals surface area (Å²) < 4.78 is 0. The highest BCUT2D eigenvalue weighted by Crippen LogP contribution is 2.44. The number of amidine groups is 1. The van der Waals surface area contributed by atoms with Gasteiger partial charge in [0.25, 0.3) is 5.91 Å². The Kier molecular flexibility index (Phi) is 5.44. The lowest BCUT2D eigenvalue weighted by Crippen LogP contribution is -2.47. The second kappa shape index (κ2) is 7.34. The van der Waals surface area contributed by atoms with Crippen LogP contribution in [0.4, 0.5) is 0 Å². The normalized spacial score (nSPS) is 17.1. The van der Waals surface area contributed by atoms with Gasteiger partial charge in [-0.3, -0.25) is 15.2 Å². The first-order valence-corrected chi connectivity index (χ1v) is 8.14. The average Bonchev–Trinajstić information content (AvgIpc) is 2.52. The minimum atomic E-state index is -0.566. The molecular weight excluding hydrogens is 300 g/mol. The molecule has 2 rings (SSSR count). The zero-order valence-electron chi connectivity index (χ0n) is 14.3. The minimum Gasteiger partial charge on any atom is -0.386 e. The van der Waals surface area contributed by atoms with Crippen molar-refractivity contribution >= 4 is 29.7 Å². The van der Waals surface area contributed by atoms with Crippen LogP contribution in [0.15, 0.2) is 40.5 Å². The number of carbonyl (C=O) groups excluding carboxylic acids is 1. The number of hydrogen-bond acceptors (Lipinski definition) is 3. The summed E-state index contributed by atoms with van der Waals surface area (Å²) in [6.07, 6.45) is 5.44. The van der Waals surface area contributed by atoms with E-state index in [-0.39, 0.29) is 11.1 Å². The molecule has 0 heterocycles. The molecule has 0 unspecified atom stereocenters. The van der Waals surface area contributed by atoms with E-state index in [2.05, 4.69) is 23.6 Å². The fraction of sp³-hybridized carbons (Fsp3) is 0.368. The monoisotopic (exact) mass is 324 g/mol. The lowest BCUT2D eigenvalue weighted by atomic mass is 9.63. The van der Waals surface area contributed by atoms with Crippen molar-refractivity contribution in [3.63, 3.8) is 0 Å². The van der Waals surface area contributed by atoms with Crippen molar-refractivity contribution in [1.29, 1.82) is 5.41 Å². The molecule has 0 saturated heterocycles. The number of carbonyl (C=O) groups is 1. The summed E-state index contributed by atoms with van der Waals surface area (Å²) in [5.74, 6) is -0.249. The van der Waals surface area contributed by atoms with E-state index in [0.29, 0.717) is 5.84 Å². The van der Waals surface area contributed by atoms with E-state index >= 15 is 0 Å². The van der Waals surface area contributed by atoms with Crippen molar-refractivity contribution in [2.24, 2.45) is 15.7 Å². The first-order chi connectivity index (χ1) is 11.4. The zero-order chi connectivity index (χ0) is 17.7. The number of rotatable bonds is 6. The Morgan fingerprint density at radius 1 is 1.38 bits per heavy atom.